The molecule has 3 heterocycles. The summed E-state index contributed by atoms with van der Waals surface area (Å²) in [5.41, 5.74) is 4.92. The van der Waals surface area contributed by atoms with Gasteiger partial charge < -0.3 is 14.3 Å². The Balaban J connectivity index is 1.29. The van der Waals surface area contributed by atoms with Crippen molar-refractivity contribution in [2.75, 3.05) is 5.32 Å². The lowest BCUT2D eigenvalue weighted by Crippen LogP contribution is -2.19. The van der Waals surface area contributed by atoms with Gasteiger partial charge in [-0.05, 0) is 42.7 Å². The monoisotopic (exact) mass is 386 g/mol. The number of carbonyl (C=O) groups excluding carboxylic acids is 1. The highest BCUT2D eigenvalue weighted by Crippen LogP contribution is 2.29. The maximum Gasteiger partial charge on any atom is 0.228 e. The minimum Gasteiger partial charge on any atom is -0.464 e. The number of aryl methyl sites for hydroxylation is 2. The van der Waals surface area contributed by atoms with Gasteiger partial charge in [0.1, 0.15) is 17.7 Å². The second-order valence-electron chi connectivity index (χ2n) is 7.75. The van der Waals surface area contributed by atoms with Crippen molar-refractivity contribution in [2.24, 2.45) is 0 Å². The molecule has 0 radical (unpaired) electrons. The number of nitrogens with zero attached hydrogens (tertiary/aromatic N) is 3. The van der Waals surface area contributed by atoms with Gasteiger partial charge >= 0.3 is 0 Å². The van der Waals surface area contributed by atoms with Crippen LogP contribution in [0.5, 0.6) is 0 Å². The minimum absolute atomic E-state index is 0.0461. The first-order valence-electron chi connectivity index (χ1n) is 9.89. The Labute approximate surface area is 168 Å². The Morgan fingerprint density at radius 3 is 3.14 bits per heavy atom. The molecule has 6 heteroatoms. The lowest BCUT2D eigenvalue weighted by molar-refractivity contribution is -0.115. The van der Waals surface area contributed by atoms with E-state index in [1.54, 1.807) is 12.6 Å². The van der Waals surface area contributed by atoms with Crippen LogP contribution in [0.4, 0.5) is 5.69 Å². The average Bonchev–Trinajstić information content (AvgIpc) is 3.34. The molecule has 1 aliphatic heterocycles. The molecule has 1 unspecified atom stereocenters. The molecule has 0 saturated heterocycles. The van der Waals surface area contributed by atoms with Crippen LogP contribution < -0.4 is 5.32 Å². The van der Waals surface area contributed by atoms with Crippen molar-refractivity contribution < 1.29 is 9.21 Å². The van der Waals surface area contributed by atoms with Gasteiger partial charge in [-0.1, -0.05) is 24.3 Å². The summed E-state index contributed by atoms with van der Waals surface area (Å²) in [5.74, 6) is 1.40. The molecule has 1 N–H and O–H groups in total. The van der Waals surface area contributed by atoms with Crippen LogP contribution >= 0.6 is 0 Å². The van der Waals surface area contributed by atoms with Gasteiger partial charge in [0.2, 0.25) is 5.91 Å². The Kier molecular flexibility index (Phi) is 4.39. The van der Waals surface area contributed by atoms with E-state index in [1.165, 1.54) is 5.56 Å². The first-order valence-corrected chi connectivity index (χ1v) is 9.89. The van der Waals surface area contributed by atoms with Crippen molar-refractivity contribution in [2.45, 2.75) is 38.6 Å². The molecule has 0 spiro atoms. The van der Waals surface area contributed by atoms with E-state index < -0.39 is 0 Å². The van der Waals surface area contributed by atoms with Crippen LogP contribution in [0, 0.1) is 6.92 Å². The second-order valence-corrected chi connectivity index (χ2v) is 7.75. The quantitative estimate of drug-likeness (QED) is 0.569. The van der Waals surface area contributed by atoms with Crippen LogP contribution in [-0.2, 0) is 24.2 Å². The fraction of sp³-hybridized carbons (Fsp3) is 0.261. The fourth-order valence-electron chi connectivity index (χ4n) is 4.10. The molecule has 5 rings (SSSR count). The van der Waals surface area contributed by atoms with Crippen molar-refractivity contribution in [3.05, 3.63) is 77.6 Å². The lowest BCUT2D eigenvalue weighted by Gasteiger charge is -2.23. The van der Waals surface area contributed by atoms with Crippen LogP contribution in [0.3, 0.4) is 0 Å². The number of hydrogen-bond donors (Lipinski definition) is 1. The molecular weight excluding hydrogens is 364 g/mol. The van der Waals surface area contributed by atoms with Crippen molar-refractivity contribution in [3.8, 4) is 0 Å². The Hall–Kier alpha value is -3.41. The third-order valence-electron chi connectivity index (χ3n) is 5.63. The Morgan fingerprint density at radius 1 is 1.28 bits per heavy atom. The van der Waals surface area contributed by atoms with Gasteiger partial charge in [-0.25, -0.2) is 0 Å². The van der Waals surface area contributed by atoms with E-state index in [0.717, 1.165) is 53.0 Å². The van der Waals surface area contributed by atoms with Crippen LogP contribution in [0.2, 0.25) is 0 Å². The molecule has 4 aromatic rings. The van der Waals surface area contributed by atoms with Crippen LogP contribution in [0.1, 0.15) is 34.9 Å². The highest BCUT2D eigenvalue weighted by molar-refractivity contribution is 5.95. The number of fused-ring (bicyclic) bond motifs is 2. The topological polar surface area (TPSA) is 73.0 Å². The number of carbonyl (C=O) groups is 1. The summed E-state index contributed by atoms with van der Waals surface area (Å²) in [6.45, 7) is 2.90. The first kappa shape index (κ1) is 17.7. The third kappa shape index (κ3) is 3.53. The van der Waals surface area contributed by atoms with Crippen molar-refractivity contribution in [1.82, 2.24) is 14.8 Å². The molecule has 0 fully saturated rings. The van der Waals surface area contributed by atoms with Gasteiger partial charge in [0.05, 0.1) is 12.7 Å². The molecule has 2 aromatic heterocycles. The summed E-state index contributed by atoms with van der Waals surface area (Å²) in [5, 5.41) is 12.2. The SMILES string of the molecule is Cc1ccc2c(CC(=O)Nc3cccc(C4CCc5nncn5C4)c3)coc2c1. The number of hydrogen-bond acceptors (Lipinski definition) is 4. The number of rotatable bonds is 4. The van der Waals surface area contributed by atoms with E-state index in [2.05, 4.69) is 32.2 Å². The van der Waals surface area contributed by atoms with Crippen molar-refractivity contribution in [1.29, 1.82) is 0 Å². The number of amides is 1. The van der Waals surface area contributed by atoms with Gasteiger partial charge in [0.25, 0.3) is 0 Å². The number of aromatic nitrogens is 3. The predicted octanol–water partition coefficient (Wildman–Crippen LogP) is 4.24. The van der Waals surface area contributed by atoms with Crippen LogP contribution in [0.25, 0.3) is 11.0 Å². The normalized spacial score (nSPS) is 16.0. The molecular formula is C23H22N4O2. The smallest absolute Gasteiger partial charge is 0.228 e. The van der Waals surface area contributed by atoms with Gasteiger partial charge in [0.15, 0.2) is 0 Å². The summed E-state index contributed by atoms with van der Waals surface area (Å²) < 4.78 is 7.73. The zero-order valence-corrected chi connectivity index (χ0v) is 16.3. The fourth-order valence-corrected chi connectivity index (χ4v) is 4.10. The van der Waals surface area contributed by atoms with E-state index in [1.807, 2.05) is 37.3 Å². The Bertz CT molecular complexity index is 1190. The summed E-state index contributed by atoms with van der Waals surface area (Å²) in [4.78, 5) is 12.6. The number of nitrogens with one attached hydrogen (secondary N) is 1. The average molecular weight is 386 g/mol. The maximum absolute atomic E-state index is 12.6. The molecule has 29 heavy (non-hydrogen) atoms. The molecule has 146 valence electrons. The van der Waals surface area contributed by atoms with E-state index in [0.29, 0.717) is 5.92 Å². The molecule has 0 saturated carbocycles. The zero-order chi connectivity index (χ0) is 19.8. The second kappa shape index (κ2) is 7.20. The summed E-state index contributed by atoms with van der Waals surface area (Å²) in [7, 11) is 0. The molecule has 0 aliphatic carbocycles. The highest BCUT2D eigenvalue weighted by atomic mass is 16.3. The van der Waals surface area contributed by atoms with Gasteiger partial charge in [0, 0.05) is 35.5 Å². The number of anilines is 1. The molecule has 1 amide bonds. The van der Waals surface area contributed by atoms with Gasteiger partial charge in [-0.2, -0.15) is 0 Å². The van der Waals surface area contributed by atoms with E-state index in [9.17, 15) is 4.79 Å². The predicted molar refractivity (Wildman–Crippen MR) is 111 cm³/mol. The molecule has 2 aromatic carbocycles. The number of furan rings is 1. The van der Waals surface area contributed by atoms with Crippen molar-refractivity contribution >= 4 is 22.6 Å². The van der Waals surface area contributed by atoms with Gasteiger partial charge in [-0.3, -0.25) is 4.79 Å². The van der Waals surface area contributed by atoms with E-state index in [4.69, 9.17) is 4.42 Å². The minimum atomic E-state index is -0.0461. The van der Waals surface area contributed by atoms with E-state index >= 15 is 0 Å². The van der Waals surface area contributed by atoms with E-state index in [-0.39, 0.29) is 12.3 Å². The first-order chi connectivity index (χ1) is 14.2. The third-order valence-corrected chi connectivity index (χ3v) is 5.63. The molecule has 1 atom stereocenters. The van der Waals surface area contributed by atoms with Crippen LogP contribution in [0.15, 0.2) is 59.5 Å². The summed E-state index contributed by atoms with van der Waals surface area (Å²) in [6.07, 6.45) is 5.72. The van der Waals surface area contributed by atoms with Crippen LogP contribution in [-0.4, -0.2) is 20.7 Å². The largest absolute Gasteiger partial charge is 0.464 e. The molecule has 1 aliphatic rings. The molecule has 6 nitrogen and oxygen atoms in total. The summed E-state index contributed by atoms with van der Waals surface area (Å²) >= 11 is 0. The highest BCUT2D eigenvalue weighted by Gasteiger charge is 2.21. The lowest BCUT2D eigenvalue weighted by atomic mass is 9.91. The van der Waals surface area contributed by atoms with Crippen molar-refractivity contribution in [3.63, 3.8) is 0 Å². The zero-order valence-electron chi connectivity index (χ0n) is 16.3. The van der Waals surface area contributed by atoms with Gasteiger partial charge in [-0.15, -0.1) is 10.2 Å². The standard InChI is InChI=1S/C23H22N4O2/c1-15-5-7-20-18(13-29-21(20)9-15)11-23(28)25-19-4-2-3-16(10-19)17-6-8-22-26-24-14-27(22)12-17/h2-5,7,9-10,13-14,17H,6,8,11-12H2,1H3,(H,25,28). The maximum atomic E-state index is 12.6. The molecule has 0 bridgehead atoms. The summed E-state index contributed by atoms with van der Waals surface area (Å²) in [6, 6.07) is 14.2. The Morgan fingerprint density at radius 2 is 2.21 bits per heavy atom. The number of benzene rings is 2.